The molecule has 0 bridgehead atoms. The Balaban J connectivity index is 1.73. The molecule has 2 nitrogen and oxygen atoms in total. The van der Waals surface area contributed by atoms with Crippen molar-refractivity contribution in [3.05, 3.63) is 96.2 Å². The van der Waals surface area contributed by atoms with Gasteiger partial charge >= 0.3 is 6.18 Å². The van der Waals surface area contributed by atoms with Gasteiger partial charge in [0.05, 0.1) is 22.6 Å². The Morgan fingerprint density at radius 3 is 2.07 bits per heavy atom. The molecule has 0 spiro atoms. The van der Waals surface area contributed by atoms with E-state index < -0.39 is 11.7 Å². The highest BCUT2D eigenvalue weighted by Crippen LogP contribution is 2.32. The van der Waals surface area contributed by atoms with Crippen LogP contribution in [0.5, 0.6) is 0 Å². The zero-order chi connectivity index (χ0) is 20.4. The Kier molecular flexibility index (Phi) is 4.89. The number of nitrogens with zero attached hydrogens (tertiary/aromatic N) is 2. The summed E-state index contributed by atoms with van der Waals surface area (Å²) in [5.74, 6) is 0. The molecule has 0 radical (unpaired) electrons. The second-order valence-corrected chi connectivity index (χ2v) is 6.73. The maximum atomic E-state index is 12.8. The van der Waals surface area contributed by atoms with Crippen LogP contribution < -0.4 is 0 Å². The molecule has 2 aromatic carbocycles. The summed E-state index contributed by atoms with van der Waals surface area (Å²) >= 11 is 0. The predicted molar refractivity (Wildman–Crippen MR) is 108 cm³/mol. The van der Waals surface area contributed by atoms with Crippen LogP contribution in [0.4, 0.5) is 13.2 Å². The zero-order valence-electron chi connectivity index (χ0n) is 15.6. The van der Waals surface area contributed by atoms with E-state index in [0.717, 1.165) is 40.2 Å². The van der Waals surface area contributed by atoms with Crippen LogP contribution in [0.3, 0.4) is 0 Å². The molecule has 2 heterocycles. The van der Waals surface area contributed by atoms with Gasteiger partial charge < -0.3 is 0 Å². The number of aryl methyl sites for hydroxylation is 1. The minimum absolute atomic E-state index is 0.624. The molecule has 29 heavy (non-hydrogen) atoms. The van der Waals surface area contributed by atoms with Gasteiger partial charge in [0.25, 0.3) is 0 Å². The maximum absolute atomic E-state index is 12.8. The minimum atomic E-state index is -4.35. The van der Waals surface area contributed by atoms with Crippen molar-refractivity contribution in [1.29, 1.82) is 0 Å². The molecule has 0 fully saturated rings. The molecule has 5 heteroatoms. The average molecular weight is 390 g/mol. The van der Waals surface area contributed by atoms with Gasteiger partial charge in [0.2, 0.25) is 0 Å². The number of halogens is 3. The number of alkyl halides is 3. The third-order valence-electron chi connectivity index (χ3n) is 4.73. The highest BCUT2D eigenvalue weighted by Gasteiger charge is 2.30. The zero-order valence-corrected chi connectivity index (χ0v) is 15.6. The van der Waals surface area contributed by atoms with Crippen LogP contribution in [0, 0.1) is 6.92 Å². The van der Waals surface area contributed by atoms with Crippen molar-refractivity contribution in [1.82, 2.24) is 9.97 Å². The van der Waals surface area contributed by atoms with Gasteiger partial charge in [-0.2, -0.15) is 13.2 Å². The van der Waals surface area contributed by atoms with E-state index >= 15 is 0 Å². The Morgan fingerprint density at radius 1 is 0.690 bits per heavy atom. The Hall–Kier alpha value is -3.47. The third kappa shape index (κ3) is 4.04. The maximum Gasteiger partial charge on any atom is 0.416 e. The fourth-order valence-electron chi connectivity index (χ4n) is 3.17. The van der Waals surface area contributed by atoms with Gasteiger partial charge in [0.1, 0.15) is 0 Å². The second-order valence-electron chi connectivity index (χ2n) is 6.73. The summed E-state index contributed by atoms with van der Waals surface area (Å²) in [6, 6.07) is 22.4. The van der Waals surface area contributed by atoms with Gasteiger partial charge in [-0.3, -0.25) is 4.98 Å². The lowest BCUT2D eigenvalue weighted by atomic mass is 9.99. The molecular weight excluding hydrogens is 373 g/mol. The van der Waals surface area contributed by atoms with E-state index in [1.165, 1.54) is 12.1 Å². The van der Waals surface area contributed by atoms with Crippen LogP contribution in [-0.4, -0.2) is 9.97 Å². The highest BCUT2D eigenvalue weighted by atomic mass is 19.4. The van der Waals surface area contributed by atoms with E-state index in [9.17, 15) is 13.2 Å². The van der Waals surface area contributed by atoms with Gasteiger partial charge in [-0.05, 0) is 55.0 Å². The number of hydrogen-bond donors (Lipinski definition) is 0. The van der Waals surface area contributed by atoms with Crippen molar-refractivity contribution < 1.29 is 13.2 Å². The molecular formula is C24H17F3N2. The van der Waals surface area contributed by atoms with E-state index in [-0.39, 0.29) is 0 Å². The summed E-state index contributed by atoms with van der Waals surface area (Å²) in [5.41, 5.74) is 5.22. The molecule has 0 aliphatic carbocycles. The molecule has 0 saturated heterocycles. The van der Waals surface area contributed by atoms with E-state index in [2.05, 4.69) is 4.98 Å². The first-order valence-corrected chi connectivity index (χ1v) is 9.09. The van der Waals surface area contributed by atoms with E-state index in [1.807, 2.05) is 55.5 Å². The monoisotopic (exact) mass is 390 g/mol. The molecule has 0 N–H and O–H groups in total. The third-order valence-corrected chi connectivity index (χ3v) is 4.73. The van der Waals surface area contributed by atoms with Gasteiger partial charge in [-0.1, -0.05) is 36.4 Å². The first kappa shape index (κ1) is 18.9. The van der Waals surface area contributed by atoms with Crippen molar-refractivity contribution in [2.45, 2.75) is 13.1 Å². The first-order chi connectivity index (χ1) is 13.9. The van der Waals surface area contributed by atoms with E-state index in [0.29, 0.717) is 11.3 Å². The first-order valence-electron chi connectivity index (χ1n) is 9.09. The minimum Gasteiger partial charge on any atom is -0.256 e. The summed E-state index contributed by atoms with van der Waals surface area (Å²) in [7, 11) is 0. The molecule has 144 valence electrons. The molecule has 4 aromatic rings. The van der Waals surface area contributed by atoms with Gasteiger partial charge in [-0.15, -0.1) is 0 Å². The van der Waals surface area contributed by atoms with Crippen molar-refractivity contribution in [2.75, 3.05) is 0 Å². The normalized spacial score (nSPS) is 11.4. The molecule has 2 aromatic heterocycles. The van der Waals surface area contributed by atoms with Crippen molar-refractivity contribution >= 4 is 0 Å². The fourth-order valence-corrected chi connectivity index (χ4v) is 3.17. The van der Waals surface area contributed by atoms with Crippen molar-refractivity contribution in [3.8, 4) is 33.8 Å². The largest absolute Gasteiger partial charge is 0.416 e. The van der Waals surface area contributed by atoms with Crippen LogP contribution in [0.25, 0.3) is 33.8 Å². The molecule has 0 atom stereocenters. The lowest BCUT2D eigenvalue weighted by Gasteiger charge is -2.11. The number of benzene rings is 2. The number of hydrogen-bond acceptors (Lipinski definition) is 2. The van der Waals surface area contributed by atoms with Crippen LogP contribution in [-0.2, 0) is 6.18 Å². The van der Waals surface area contributed by atoms with Gasteiger partial charge in [0.15, 0.2) is 0 Å². The van der Waals surface area contributed by atoms with Gasteiger partial charge in [-0.25, -0.2) is 4.98 Å². The lowest BCUT2D eigenvalue weighted by Crippen LogP contribution is -2.04. The van der Waals surface area contributed by atoms with Crippen molar-refractivity contribution in [2.24, 2.45) is 0 Å². The molecule has 4 rings (SSSR count). The second kappa shape index (κ2) is 7.51. The molecule has 0 saturated carbocycles. The lowest BCUT2D eigenvalue weighted by molar-refractivity contribution is -0.137. The molecule has 0 aliphatic rings. The fraction of sp³-hybridized carbons (Fsp3) is 0.0833. The SMILES string of the molecule is Cc1ccc(-c2ccccn2)cc1-c1cccc(-c2ccc(C(F)(F)F)cc2)n1. The number of aromatic nitrogens is 2. The standard InChI is InChI=1S/C24H17F3N2/c1-16-8-9-18(21-5-2-3-14-28-21)15-20(16)23-7-4-6-22(29-23)17-10-12-19(13-11-17)24(25,26)27/h2-15H,1H3. The Labute approximate surface area is 166 Å². The summed E-state index contributed by atoms with van der Waals surface area (Å²) in [5, 5.41) is 0. The van der Waals surface area contributed by atoms with Crippen molar-refractivity contribution in [3.63, 3.8) is 0 Å². The smallest absolute Gasteiger partial charge is 0.256 e. The molecule has 0 amide bonds. The summed E-state index contributed by atoms with van der Waals surface area (Å²) in [4.78, 5) is 9.09. The number of rotatable bonds is 3. The predicted octanol–water partition coefficient (Wildman–Crippen LogP) is 6.80. The van der Waals surface area contributed by atoms with Crippen LogP contribution in [0.2, 0.25) is 0 Å². The quantitative estimate of drug-likeness (QED) is 0.384. The topological polar surface area (TPSA) is 25.8 Å². The van der Waals surface area contributed by atoms with Crippen LogP contribution in [0.15, 0.2) is 85.1 Å². The average Bonchev–Trinajstić information content (AvgIpc) is 2.74. The van der Waals surface area contributed by atoms with Gasteiger partial charge in [0, 0.05) is 22.9 Å². The number of pyridine rings is 2. The van der Waals surface area contributed by atoms with Crippen LogP contribution >= 0.6 is 0 Å². The molecule has 0 unspecified atom stereocenters. The molecule has 0 aliphatic heterocycles. The van der Waals surface area contributed by atoms with E-state index in [4.69, 9.17) is 4.98 Å². The van der Waals surface area contributed by atoms with E-state index in [1.54, 1.807) is 12.3 Å². The van der Waals surface area contributed by atoms with Crippen LogP contribution in [0.1, 0.15) is 11.1 Å². The Bertz CT molecular complexity index is 1130. The summed E-state index contributed by atoms with van der Waals surface area (Å²) in [6.07, 6.45) is -2.60. The summed E-state index contributed by atoms with van der Waals surface area (Å²) < 4.78 is 38.4. The Morgan fingerprint density at radius 2 is 1.38 bits per heavy atom. The summed E-state index contributed by atoms with van der Waals surface area (Å²) in [6.45, 7) is 2.00. The highest BCUT2D eigenvalue weighted by molar-refractivity contribution is 5.74.